The molecule has 1 aliphatic heterocycles. The molecule has 0 aromatic carbocycles. The number of hydrogen-bond acceptors (Lipinski definition) is 5. The molecule has 4 N–H and O–H groups in total. The van der Waals surface area contributed by atoms with Crippen LogP contribution in [0.15, 0.2) is 26.7 Å². The van der Waals surface area contributed by atoms with Crippen molar-refractivity contribution in [3.8, 4) is 0 Å². The van der Waals surface area contributed by atoms with Crippen LogP contribution in [0.4, 0.5) is 0 Å². The molecule has 1 amide bonds. The number of rotatable bonds is 2. The van der Waals surface area contributed by atoms with Crippen LogP contribution >= 0.6 is 11.8 Å². The standard InChI is InChI=1S/C11H13N3O2S/c1-6-2-3-7(5-17-10(6)13)11-14-8(4-16-11)9(12)15/h4-5H,2-3,13H2,1H3,(H2,12,15). The summed E-state index contributed by atoms with van der Waals surface area (Å²) >= 11 is 1.45. The molecule has 1 aromatic heterocycles. The van der Waals surface area contributed by atoms with E-state index in [-0.39, 0.29) is 5.69 Å². The quantitative estimate of drug-likeness (QED) is 0.836. The normalized spacial score (nSPS) is 16.6. The lowest BCUT2D eigenvalue weighted by molar-refractivity contribution is 0.0995. The smallest absolute Gasteiger partial charge is 0.270 e. The first-order valence-electron chi connectivity index (χ1n) is 5.14. The Hall–Kier alpha value is -1.69. The number of amides is 1. The first-order valence-corrected chi connectivity index (χ1v) is 6.02. The van der Waals surface area contributed by atoms with Crippen molar-refractivity contribution in [3.63, 3.8) is 0 Å². The highest BCUT2D eigenvalue weighted by molar-refractivity contribution is 8.05. The highest BCUT2D eigenvalue weighted by atomic mass is 32.2. The van der Waals surface area contributed by atoms with Crippen LogP contribution in [0.3, 0.4) is 0 Å². The number of carbonyl (C=O) groups excluding carboxylic acids is 1. The molecule has 0 fully saturated rings. The van der Waals surface area contributed by atoms with Crippen LogP contribution < -0.4 is 11.5 Å². The molecule has 0 saturated carbocycles. The number of carbonyl (C=O) groups is 1. The Morgan fingerprint density at radius 1 is 1.53 bits per heavy atom. The van der Waals surface area contributed by atoms with Crippen molar-refractivity contribution in [1.29, 1.82) is 0 Å². The Labute approximate surface area is 103 Å². The maximum atomic E-state index is 10.9. The summed E-state index contributed by atoms with van der Waals surface area (Å²) in [5.41, 5.74) is 13.2. The van der Waals surface area contributed by atoms with E-state index in [9.17, 15) is 4.79 Å². The van der Waals surface area contributed by atoms with Gasteiger partial charge >= 0.3 is 0 Å². The van der Waals surface area contributed by atoms with E-state index in [1.807, 2.05) is 12.3 Å². The van der Waals surface area contributed by atoms with Gasteiger partial charge in [0.2, 0.25) is 5.89 Å². The predicted molar refractivity (Wildman–Crippen MR) is 66.7 cm³/mol. The molecule has 0 saturated heterocycles. The minimum absolute atomic E-state index is 0.146. The molecule has 90 valence electrons. The van der Waals surface area contributed by atoms with Crippen molar-refractivity contribution in [1.82, 2.24) is 4.98 Å². The summed E-state index contributed by atoms with van der Waals surface area (Å²) in [5.74, 6) is -0.149. The zero-order chi connectivity index (χ0) is 12.4. The van der Waals surface area contributed by atoms with Gasteiger partial charge in [-0.15, -0.1) is 0 Å². The summed E-state index contributed by atoms with van der Waals surface area (Å²) in [5, 5.41) is 2.71. The minimum atomic E-state index is -0.587. The summed E-state index contributed by atoms with van der Waals surface area (Å²) in [7, 11) is 0. The molecule has 0 bridgehead atoms. The van der Waals surface area contributed by atoms with Crippen molar-refractivity contribution in [2.24, 2.45) is 11.5 Å². The van der Waals surface area contributed by atoms with Gasteiger partial charge in [-0.05, 0) is 30.7 Å². The Bertz CT molecular complexity index is 517. The highest BCUT2D eigenvalue weighted by Gasteiger charge is 2.15. The molecule has 17 heavy (non-hydrogen) atoms. The molecule has 0 aliphatic carbocycles. The molecule has 0 unspecified atom stereocenters. The average molecular weight is 251 g/mol. The van der Waals surface area contributed by atoms with E-state index in [1.54, 1.807) is 0 Å². The third-order valence-corrected chi connectivity index (χ3v) is 3.55. The Morgan fingerprint density at radius 3 is 2.94 bits per heavy atom. The van der Waals surface area contributed by atoms with Crippen molar-refractivity contribution in [3.05, 3.63) is 33.9 Å². The first-order chi connectivity index (χ1) is 8.08. The fourth-order valence-electron chi connectivity index (χ4n) is 1.43. The molecule has 0 atom stereocenters. The second-order valence-corrected chi connectivity index (χ2v) is 4.72. The second kappa shape index (κ2) is 4.67. The summed E-state index contributed by atoms with van der Waals surface area (Å²) in [4.78, 5) is 15.0. The Kier molecular flexibility index (Phi) is 3.23. The van der Waals surface area contributed by atoms with Crippen LogP contribution in [0.5, 0.6) is 0 Å². The van der Waals surface area contributed by atoms with Crippen molar-refractivity contribution in [2.75, 3.05) is 0 Å². The third-order valence-electron chi connectivity index (χ3n) is 2.55. The van der Waals surface area contributed by atoms with Crippen LogP contribution in [-0.2, 0) is 0 Å². The van der Waals surface area contributed by atoms with E-state index in [1.165, 1.54) is 18.0 Å². The van der Waals surface area contributed by atoms with Crippen LogP contribution in [0.1, 0.15) is 36.1 Å². The largest absolute Gasteiger partial charge is 0.444 e. The molecule has 0 spiro atoms. The summed E-state index contributed by atoms with van der Waals surface area (Å²) in [6.07, 6.45) is 2.93. The van der Waals surface area contributed by atoms with Gasteiger partial charge in [0.1, 0.15) is 6.26 Å². The van der Waals surface area contributed by atoms with Crippen molar-refractivity contribution < 1.29 is 9.21 Å². The number of nitrogens with two attached hydrogens (primary N) is 2. The van der Waals surface area contributed by atoms with Crippen LogP contribution in [0.25, 0.3) is 5.57 Å². The lowest BCUT2D eigenvalue weighted by atomic mass is 10.1. The monoisotopic (exact) mass is 251 g/mol. The first kappa shape index (κ1) is 11.8. The van der Waals surface area contributed by atoms with E-state index in [4.69, 9.17) is 15.9 Å². The van der Waals surface area contributed by atoms with Crippen molar-refractivity contribution in [2.45, 2.75) is 19.8 Å². The van der Waals surface area contributed by atoms with Gasteiger partial charge in [0.15, 0.2) is 5.69 Å². The van der Waals surface area contributed by atoms with Gasteiger partial charge in [-0.2, -0.15) is 0 Å². The molecule has 0 radical (unpaired) electrons. The summed E-state index contributed by atoms with van der Waals surface area (Å²) in [6, 6.07) is 0. The van der Waals surface area contributed by atoms with Gasteiger partial charge in [0, 0.05) is 5.57 Å². The maximum absolute atomic E-state index is 10.9. The van der Waals surface area contributed by atoms with Gasteiger partial charge in [-0.1, -0.05) is 11.8 Å². The number of aromatic nitrogens is 1. The van der Waals surface area contributed by atoms with Crippen LogP contribution in [0, 0.1) is 0 Å². The molecule has 1 aromatic rings. The van der Waals surface area contributed by atoms with Crippen LogP contribution in [0.2, 0.25) is 0 Å². The molecule has 5 nitrogen and oxygen atoms in total. The van der Waals surface area contributed by atoms with E-state index >= 15 is 0 Å². The van der Waals surface area contributed by atoms with E-state index < -0.39 is 5.91 Å². The lowest BCUT2D eigenvalue weighted by Crippen LogP contribution is -2.11. The lowest BCUT2D eigenvalue weighted by Gasteiger charge is -2.00. The van der Waals surface area contributed by atoms with Gasteiger partial charge in [-0.3, -0.25) is 4.79 Å². The van der Waals surface area contributed by atoms with E-state index in [2.05, 4.69) is 4.98 Å². The van der Waals surface area contributed by atoms with Gasteiger partial charge in [0.25, 0.3) is 5.91 Å². The predicted octanol–water partition coefficient (Wildman–Crippen LogP) is 1.83. The molecular formula is C11H13N3O2S. The van der Waals surface area contributed by atoms with E-state index in [0.717, 1.165) is 29.0 Å². The summed E-state index contributed by atoms with van der Waals surface area (Å²) < 4.78 is 5.24. The topological polar surface area (TPSA) is 95.1 Å². The number of primary amides is 1. The fraction of sp³-hybridized carbons (Fsp3) is 0.273. The number of thioether (sulfide) groups is 1. The fourth-order valence-corrected chi connectivity index (χ4v) is 2.22. The molecule has 2 heterocycles. The summed E-state index contributed by atoms with van der Waals surface area (Å²) in [6.45, 7) is 2.00. The minimum Gasteiger partial charge on any atom is -0.444 e. The molecular weight excluding hydrogens is 238 g/mol. The zero-order valence-corrected chi connectivity index (χ0v) is 10.2. The van der Waals surface area contributed by atoms with Crippen LogP contribution in [-0.4, -0.2) is 10.9 Å². The Balaban J connectivity index is 2.21. The second-order valence-electron chi connectivity index (χ2n) is 3.81. The number of allylic oxidation sites excluding steroid dienone is 2. The molecule has 6 heteroatoms. The molecule has 2 rings (SSSR count). The van der Waals surface area contributed by atoms with E-state index in [0.29, 0.717) is 5.89 Å². The van der Waals surface area contributed by atoms with Gasteiger partial charge in [-0.25, -0.2) is 4.98 Å². The van der Waals surface area contributed by atoms with Gasteiger partial charge in [0.05, 0.1) is 5.03 Å². The number of hydrogen-bond donors (Lipinski definition) is 2. The SMILES string of the molecule is CC1=C(N)SC=C(c2nc(C(N)=O)co2)CC1. The highest BCUT2D eigenvalue weighted by Crippen LogP contribution is 2.32. The maximum Gasteiger partial charge on any atom is 0.270 e. The third kappa shape index (κ3) is 2.52. The zero-order valence-electron chi connectivity index (χ0n) is 9.40. The number of oxazole rings is 1. The van der Waals surface area contributed by atoms with Gasteiger partial charge < -0.3 is 15.9 Å². The van der Waals surface area contributed by atoms with Crippen molar-refractivity contribution >= 4 is 23.2 Å². The number of nitrogens with zero attached hydrogens (tertiary/aromatic N) is 1. The molecule has 1 aliphatic rings. The average Bonchev–Trinajstić information content (AvgIpc) is 2.71. The Morgan fingerprint density at radius 2 is 2.29 bits per heavy atom.